The Balaban J connectivity index is 1.03. The Labute approximate surface area is 364 Å². The summed E-state index contributed by atoms with van der Waals surface area (Å²) in [5.41, 5.74) is 18.4. The molecule has 0 aliphatic rings. The van der Waals surface area contributed by atoms with E-state index in [2.05, 4.69) is 277 Å². The molecule has 0 atom stereocenters. The third-order valence-electron chi connectivity index (χ3n) is 11.5. The van der Waals surface area contributed by atoms with Gasteiger partial charge in [0.25, 0.3) is 0 Å². The van der Waals surface area contributed by atoms with Crippen LogP contribution < -0.4 is 9.80 Å². The van der Waals surface area contributed by atoms with Gasteiger partial charge in [0, 0.05) is 34.0 Å². The molecule has 2 nitrogen and oxygen atoms in total. The predicted molar refractivity (Wildman–Crippen MR) is 263 cm³/mol. The third-order valence-corrected chi connectivity index (χ3v) is 11.5. The zero-order valence-electron chi connectivity index (χ0n) is 34.3. The van der Waals surface area contributed by atoms with E-state index in [0.29, 0.717) is 0 Å². The number of benzene rings is 10. The van der Waals surface area contributed by atoms with Gasteiger partial charge in [-0.2, -0.15) is 0 Å². The average Bonchev–Trinajstić information content (AvgIpc) is 3.36. The van der Waals surface area contributed by atoms with E-state index in [1.165, 1.54) is 44.5 Å². The SMILES string of the molecule is c1ccc(-c2ccc(N(c3ccc(-c4ccccc4)cc3)c3ccc(-c4ccccc4N(c4ccc(-c5ccccc5)cc4)c4ccc(-c5ccccc5)cc4)cc3)cc2)cc1. The highest BCUT2D eigenvalue weighted by molar-refractivity contribution is 5.90. The number of nitrogens with zero attached hydrogens (tertiary/aromatic N) is 2. The summed E-state index contributed by atoms with van der Waals surface area (Å²) >= 11 is 0. The summed E-state index contributed by atoms with van der Waals surface area (Å²) in [5, 5.41) is 0. The van der Waals surface area contributed by atoms with Gasteiger partial charge in [0.05, 0.1) is 5.69 Å². The topological polar surface area (TPSA) is 6.48 Å². The van der Waals surface area contributed by atoms with Crippen LogP contribution in [0.5, 0.6) is 0 Å². The Morgan fingerprint density at radius 3 is 0.694 bits per heavy atom. The Kier molecular flexibility index (Phi) is 10.8. The van der Waals surface area contributed by atoms with Gasteiger partial charge in [0.2, 0.25) is 0 Å². The van der Waals surface area contributed by atoms with Crippen molar-refractivity contribution in [3.63, 3.8) is 0 Å². The summed E-state index contributed by atoms with van der Waals surface area (Å²) in [6, 6.07) is 95.6. The van der Waals surface area contributed by atoms with Gasteiger partial charge >= 0.3 is 0 Å². The summed E-state index contributed by atoms with van der Waals surface area (Å²) < 4.78 is 0. The van der Waals surface area contributed by atoms with Crippen molar-refractivity contribution in [2.45, 2.75) is 0 Å². The molecule has 0 N–H and O–H groups in total. The van der Waals surface area contributed by atoms with E-state index in [0.717, 1.165) is 45.3 Å². The number of para-hydroxylation sites is 1. The monoisotopic (exact) mass is 792 g/mol. The third kappa shape index (κ3) is 8.06. The number of anilines is 6. The van der Waals surface area contributed by atoms with Crippen LogP contribution in [0, 0.1) is 0 Å². The molecule has 0 aliphatic carbocycles. The molecular formula is C60H44N2. The molecule has 0 amide bonds. The molecule has 294 valence electrons. The molecule has 0 aliphatic heterocycles. The molecule has 0 radical (unpaired) electrons. The average molecular weight is 793 g/mol. The molecule has 0 bridgehead atoms. The molecular weight excluding hydrogens is 749 g/mol. The molecule has 0 saturated carbocycles. The first-order valence-corrected chi connectivity index (χ1v) is 21.2. The van der Waals surface area contributed by atoms with Crippen LogP contribution in [0.15, 0.2) is 267 Å². The van der Waals surface area contributed by atoms with Gasteiger partial charge in [-0.3, -0.25) is 0 Å². The van der Waals surface area contributed by atoms with Crippen LogP contribution >= 0.6 is 0 Å². The van der Waals surface area contributed by atoms with Gasteiger partial charge in [-0.05, 0) is 117 Å². The van der Waals surface area contributed by atoms with Gasteiger partial charge in [0.1, 0.15) is 0 Å². The fourth-order valence-corrected chi connectivity index (χ4v) is 8.31. The van der Waals surface area contributed by atoms with Crippen molar-refractivity contribution < 1.29 is 0 Å². The lowest BCUT2D eigenvalue weighted by Crippen LogP contribution is -2.11. The van der Waals surface area contributed by atoms with Crippen LogP contribution in [0.25, 0.3) is 55.6 Å². The standard InChI is InChI=1S/C60H44N2/c1-5-15-45(16-6-1)49-25-35-54(36-26-49)61(55-37-27-50(28-38-55)46-17-7-2-8-18-46)56-43-33-53(34-44-56)59-23-13-14-24-60(59)62(57-39-29-51(30-40-57)47-19-9-3-10-20-47)58-41-31-52(32-42-58)48-21-11-4-12-22-48/h1-44H. The highest BCUT2D eigenvalue weighted by Crippen LogP contribution is 2.43. The van der Waals surface area contributed by atoms with Gasteiger partial charge in [-0.1, -0.05) is 200 Å². The first-order chi connectivity index (χ1) is 30.7. The van der Waals surface area contributed by atoms with Crippen LogP contribution in [-0.2, 0) is 0 Å². The summed E-state index contributed by atoms with van der Waals surface area (Å²) in [7, 11) is 0. The number of rotatable bonds is 11. The van der Waals surface area contributed by atoms with Gasteiger partial charge in [-0.15, -0.1) is 0 Å². The second-order valence-corrected chi connectivity index (χ2v) is 15.4. The zero-order chi connectivity index (χ0) is 41.5. The highest BCUT2D eigenvalue weighted by Gasteiger charge is 2.19. The highest BCUT2D eigenvalue weighted by atomic mass is 15.1. The van der Waals surface area contributed by atoms with E-state index in [1.807, 2.05) is 0 Å². The molecule has 0 spiro atoms. The zero-order valence-corrected chi connectivity index (χ0v) is 34.3. The number of hydrogen-bond donors (Lipinski definition) is 0. The second-order valence-electron chi connectivity index (χ2n) is 15.4. The summed E-state index contributed by atoms with van der Waals surface area (Å²) in [4.78, 5) is 4.72. The van der Waals surface area contributed by atoms with Crippen LogP contribution in [-0.4, -0.2) is 0 Å². The van der Waals surface area contributed by atoms with Crippen molar-refractivity contribution in [2.24, 2.45) is 0 Å². The first-order valence-electron chi connectivity index (χ1n) is 21.2. The largest absolute Gasteiger partial charge is 0.311 e. The molecule has 10 rings (SSSR count). The van der Waals surface area contributed by atoms with Crippen molar-refractivity contribution in [3.05, 3.63) is 267 Å². The quantitative estimate of drug-likeness (QED) is 0.129. The van der Waals surface area contributed by atoms with E-state index in [1.54, 1.807) is 0 Å². The van der Waals surface area contributed by atoms with Gasteiger partial charge < -0.3 is 9.80 Å². The van der Waals surface area contributed by atoms with Crippen molar-refractivity contribution in [3.8, 4) is 55.6 Å². The van der Waals surface area contributed by atoms with Gasteiger partial charge in [0.15, 0.2) is 0 Å². The summed E-state index contributed by atoms with van der Waals surface area (Å²) in [5.74, 6) is 0. The van der Waals surface area contributed by atoms with E-state index < -0.39 is 0 Å². The molecule has 0 fully saturated rings. The first kappa shape index (κ1) is 38.0. The Bertz CT molecular complexity index is 2820. The van der Waals surface area contributed by atoms with Crippen molar-refractivity contribution in [1.82, 2.24) is 0 Å². The van der Waals surface area contributed by atoms with Crippen molar-refractivity contribution in [2.75, 3.05) is 9.80 Å². The summed E-state index contributed by atoms with van der Waals surface area (Å²) in [6.45, 7) is 0. The maximum atomic E-state index is 2.38. The lowest BCUT2D eigenvalue weighted by atomic mass is 9.99. The summed E-state index contributed by atoms with van der Waals surface area (Å²) in [6.07, 6.45) is 0. The fraction of sp³-hybridized carbons (Fsp3) is 0. The van der Waals surface area contributed by atoms with Crippen molar-refractivity contribution >= 4 is 34.1 Å². The molecule has 10 aromatic rings. The Morgan fingerprint density at radius 2 is 0.387 bits per heavy atom. The maximum absolute atomic E-state index is 2.38. The van der Waals surface area contributed by atoms with Crippen LogP contribution in [0.4, 0.5) is 34.1 Å². The minimum atomic E-state index is 1.08. The maximum Gasteiger partial charge on any atom is 0.0540 e. The lowest BCUT2D eigenvalue weighted by molar-refractivity contribution is 1.27. The molecule has 2 heteroatoms. The Hall–Kier alpha value is -8.20. The minimum absolute atomic E-state index is 1.08. The van der Waals surface area contributed by atoms with E-state index >= 15 is 0 Å². The molecule has 10 aromatic carbocycles. The number of hydrogen-bond acceptors (Lipinski definition) is 2. The van der Waals surface area contributed by atoms with E-state index in [-0.39, 0.29) is 0 Å². The Morgan fingerprint density at radius 1 is 0.161 bits per heavy atom. The van der Waals surface area contributed by atoms with Gasteiger partial charge in [-0.25, -0.2) is 0 Å². The van der Waals surface area contributed by atoms with E-state index in [4.69, 9.17) is 0 Å². The van der Waals surface area contributed by atoms with Crippen molar-refractivity contribution in [1.29, 1.82) is 0 Å². The lowest BCUT2D eigenvalue weighted by Gasteiger charge is -2.29. The smallest absolute Gasteiger partial charge is 0.0540 e. The predicted octanol–water partition coefficient (Wildman–Crippen LogP) is 17.0. The van der Waals surface area contributed by atoms with Crippen LogP contribution in [0.3, 0.4) is 0 Å². The van der Waals surface area contributed by atoms with Crippen LogP contribution in [0.1, 0.15) is 0 Å². The molecule has 62 heavy (non-hydrogen) atoms. The fourth-order valence-electron chi connectivity index (χ4n) is 8.31. The molecule has 0 heterocycles. The molecule has 0 unspecified atom stereocenters. The minimum Gasteiger partial charge on any atom is -0.311 e. The molecule has 0 saturated heterocycles. The second kappa shape index (κ2) is 17.6. The van der Waals surface area contributed by atoms with E-state index in [9.17, 15) is 0 Å². The van der Waals surface area contributed by atoms with Crippen LogP contribution in [0.2, 0.25) is 0 Å². The molecule has 0 aromatic heterocycles. The normalized spacial score (nSPS) is 10.9.